The minimum Gasteiger partial charge on any atom is -0.317 e. The summed E-state index contributed by atoms with van der Waals surface area (Å²) in [7, 11) is -3.53. The first-order valence-electron chi connectivity index (χ1n) is 10.3. The highest BCUT2D eigenvalue weighted by atomic mass is 32.2. The summed E-state index contributed by atoms with van der Waals surface area (Å²) in [5.41, 5.74) is 2.74. The predicted molar refractivity (Wildman–Crippen MR) is 125 cm³/mol. The van der Waals surface area contributed by atoms with Gasteiger partial charge in [-0.1, -0.05) is 48.5 Å². The molecule has 32 heavy (non-hydrogen) atoms. The normalized spacial score (nSPS) is 13.8. The van der Waals surface area contributed by atoms with Crippen molar-refractivity contribution in [2.75, 3.05) is 17.6 Å². The fourth-order valence-electron chi connectivity index (χ4n) is 3.80. The maximum Gasteiger partial charge on any atom is 0.226 e. The Morgan fingerprint density at radius 3 is 2.47 bits per heavy atom. The summed E-state index contributed by atoms with van der Waals surface area (Å²) in [6.07, 6.45) is 0.588. The van der Waals surface area contributed by atoms with Crippen LogP contribution in [0.2, 0.25) is 0 Å². The Hall–Kier alpha value is -2.99. The van der Waals surface area contributed by atoms with Crippen LogP contribution in [0.3, 0.4) is 0 Å². The van der Waals surface area contributed by atoms with Gasteiger partial charge in [0, 0.05) is 30.9 Å². The molecule has 2 aromatic carbocycles. The van der Waals surface area contributed by atoms with Gasteiger partial charge in [0.15, 0.2) is 9.84 Å². The maximum atomic E-state index is 12.5. The number of thiophene rings is 1. The standard InChI is InChI=1S/C24H23N3O3S2/c25-15-21-20-11-13-27(16-18-7-3-1-4-8-18)17-22(20)31-24(21)26-23(28)12-14-32(29,30)19-9-5-2-6-10-19/h1-10H,11-14,16-17H2,(H,26,28). The van der Waals surface area contributed by atoms with Crippen LogP contribution in [-0.2, 0) is 34.1 Å². The van der Waals surface area contributed by atoms with Gasteiger partial charge < -0.3 is 5.32 Å². The highest BCUT2D eigenvalue weighted by Gasteiger charge is 2.25. The number of carbonyl (C=O) groups excluding carboxylic acids is 1. The molecule has 0 aliphatic carbocycles. The van der Waals surface area contributed by atoms with E-state index >= 15 is 0 Å². The summed E-state index contributed by atoms with van der Waals surface area (Å²) < 4.78 is 24.8. The van der Waals surface area contributed by atoms with E-state index in [2.05, 4.69) is 28.4 Å². The van der Waals surface area contributed by atoms with E-state index in [0.717, 1.165) is 36.5 Å². The lowest BCUT2D eigenvalue weighted by Crippen LogP contribution is -2.29. The van der Waals surface area contributed by atoms with Gasteiger partial charge >= 0.3 is 0 Å². The number of carbonyl (C=O) groups is 1. The SMILES string of the molecule is N#Cc1c(NC(=O)CCS(=O)(=O)c2ccccc2)sc2c1CCN(Cc1ccccc1)C2. The Kier molecular flexibility index (Phi) is 6.70. The molecule has 1 aromatic heterocycles. The smallest absolute Gasteiger partial charge is 0.226 e. The number of nitrogens with one attached hydrogen (secondary N) is 1. The molecular weight excluding hydrogens is 442 g/mol. The van der Waals surface area contributed by atoms with Gasteiger partial charge in [-0.05, 0) is 29.7 Å². The number of benzene rings is 2. The zero-order chi connectivity index (χ0) is 22.6. The summed E-state index contributed by atoms with van der Waals surface area (Å²) in [5, 5.41) is 13.0. The monoisotopic (exact) mass is 465 g/mol. The molecule has 8 heteroatoms. The Bertz CT molecular complexity index is 1250. The molecule has 164 valence electrons. The molecule has 1 aliphatic heterocycles. The number of anilines is 1. The van der Waals surface area contributed by atoms with Gasteiger partial charge in [-0.3, -0.25) is 9.69 Å². The number of hydrogen-bond donors (Lipinski definition) is 1. The maximum absolute atomic E-state index is 12.5. The third kappa shape index (κ3) is 5.07. The van der Waals surface area contributed by atoms with Crippen LogP contribution < -0.4 is 5.32 Å². The zero-order valence-electron chi connectivity index (χ0n) is 17.5. The Balaban J connectivity index is 1.41. The number of sulfone groups is 1. The van der Waals surface area contributed by atoms with Crippen molar-refractivity contribution >= 4 is 32.1 Å². The minimum atomic E-state index is -3.53. The first-order valence-corrected chi connectivity index (χ1v) is 12.8. The quantitative estimate of drug-likeness (QED) is 0.570. The molecule has 6 nitrogen and oxygen atoms in total. The van der Waals surface area contributed by atoms with Crippen molar-refractivity contribution in [1.82, 2.24) is 4.90 Å². The van der Waals surface area contributed by atoms with Crippen LogP contribution in [0.25, 0.3) is 0 Å². The molecule has 2 heterocycles. The molecule has 0 atom stereocenters. The summed E-state index contributed by atoms with van der Waals surface area (Å²) in [6.45, 7) is 2.40. The molecule has 4 rings (SSSR count). The fourth-order valence-corrected chi connectivity index (χ4v) is 6.32. The lowest BCUT2D eigenvalue weighted by atomic mass is 10.0. The second-order valence-electron chi connectivity index (χ2n) is 7.70. The van der Waals surface area contributed by atoms with Gasteiger partial charge in [0.05, 0.1) is 16.2 Å². The molecule has 0 radical (unpaired) electrons. The molecular formula is C24H23N3O3S2. The summed E-state index contributed by atoms with van der Waals surface area (Å²) in [5.74, 6) is -0.679. The van der Waals surface area contributed by atoms with Crippen LogP contribution in [0.1, 0.15) is 28.0 Å². The van der Waals surface area contributed by atoms with Crippen molar-refractivity contribution in [3.63, 3.8) is 0 Å². The Morgan fingerprint density at radius 1 is 1.09 bits per heavy atom. The van der Waals surface area contributed by atoms with E-state index in [1.165, 1.54) is 29.0 Å². The van der Waals surface area contributed by atoms with Crippen LogP contribution in [0.15, 0.2) is 65.6 Å². The van der Waals surface area contributed by atoms with E-state index in [4.69, 9.17) is 0 Å². The van der Waals surface area contributed by atoms with Crippen molar-refractivity contribution in [2.45, 2.75) is 30.8 Å². The molecule has 0 saturated carbocycles. The van der Waals surface area contributed by atoms with Crippen LogP contribution in [0.5, 0.6) is 0 Å². The Morgan fingerprint density at radius 2 is 1.78 bits per heavy atom. The number of nitriles is 1. The largest absolute Gasteiger partial charge is 0.317 e. The molecule has 0 spiro atoms. The van der Waals surface area contributed by atoms with Crippen molar-refractivity contribution in [1.29, 1.82) is 5.26 Å². The van der Waals surface area contributed by atoms with Crippen LogP contribution >= 0.6 is 11.3 Å². The van der Waals surface area contributed by atoms with Gasteiger partial charge in [-0.2, -0.15) is 5.26 Å². The van der Waals surface area contributed by atoms with Crippen molar-refractivity contribution in [2.24, 2.45) is 0 Å². The second-order valence-corrected chi connectivity index (χ2v) is 10.9. The van der Waals surface area contributed by atoms with Crippen molar-refractivity contribution in [3.05, 3.63) is 82.2 Å². The average molecular weight is 466 g/mol. The second kappa shape index (κ2) is 9.65. The zero-order valence-corrected chi connectivity index (χ0v) is 19.1. The van der Waals surface area contributed by atoms with Crippen LogP contribution in [-0.4, -0.2) is 31.5 Å². The van der Waals surface area contributed by atoms with E-state index in [0.29, 0.717) is 10.6 Å². The molecule has 3 aromatic rings. The van der Waals surface area contributed by atoms with Crippen molar-refractivity contribution in [3.8, 4) is 6.07 Å². The molecule has 1 amide bonds. The van der Waals surface area contributed by atoms with Gasteiger partial charge in [-0.15, -0.1) is 11.3 Å². The van der Waals surface area contributed by atoms with Crippen LogP contribution in [0, 0.1) is 11.3 Å². The molecule has 1 N–H and O–H groups in total. The van der Waals surface area contributed by atoms with E-state index in [-0.39, 0.29) is 17.1 Å². The molecule has 0 saturated heterocycles. The Labute approximate surface area is 192 Å². The number of nitrogens with zero attached hydrogens (tertiary/aromatic N) is 2. The highest BCUT2D eigenvalue weighted by Crippen LogP contribution is 2.37. The van der Waals surface area contributed by atoms with Gasteiger partial charge in [-0.25, -0.2) is 8.42 Å². The van der Waals surface area contributed by atoms with Gasteiger partial charge in [0.2, 0.25) is 5.91 Å². The van der Waals surface area contributed by atoms with Crippen molar-refractivity contribution < 1.29 is 13.2 Å². The molecule has 0 fully saturated rings. The number of fused-ring (bicyclic) bond motifs is 1. The fraction of sp³-hybridized carbons (Fsp3) is 0.250. The number of rotatable bonds is 7. The van der Waals surface area contributed by atoms with E-state index in [1.54, 1.807) is 18.2 Å². The van der Waals surface area contributed by atoms with E-state index < -0.39 is 15.7 Å². The van der Waals surface area contributed by atoms with Gasteiger partial charge in [0.1, 0.15) is 11.1 Å². The summed E-state index contributed by atoms with van der Waals surface area (Å²) in [6, 6.07) is 20.6. The number of hydrogen-bond acceptors (Lipinski definition) is 6. The third-order valence-electron chi connectivity index (χ3n) is 5.45. The lowest BCUT2D eigenvalue weighted by molar-refractivity contribution is -0.115. The van der Waals surface area contributed by atoms with E-state index in [9.17, 15) is 18.5 Å². The van der Waals surface area contributed by atoms with Gasteiger partial charge in [0.25, 0.3) is 0 Å². The molecule has 0 bridgehead atoms. The minimum absolute atomic E-state index is 0.162. The summed E-state index contributed by atoms with van der Waals surface area (Å²) in [4.78, 5) is 16.1. The predicted octanol–water partition coefficient (Wildman–Crippen LogP) is 3.98. The van der Waals surface area contributed by atoms with Crippen LogP contribution in [0.4, 0.5) is 5.00 Å². The lowest BCUT2D eigenvalue weighted by Gasteiger charge is -2.26. The topological polar surface area (TPSA) is 90.3 Å². The summed E-state index contributed by atoms with van der Waals surface area (Å²) >= 11 is 1.41. The van der Waals surface area contributed by atoms with E-state index in [1.807, 2.05) is 18.2 Å². The average Bonchev–Trinajstić information content (AvgIpc) is 3.15. The molecule has 0 unspecified atom stereocenters. The molecule has 1 aliphatic rings. The third-order valence-corrected chi connectivity index (χ3v) is 8.31. The first-order chi connectivity index (χ1) is 15.5. The first kappa shape index (κ1) is 22.2. The number of amides is 1. The highest BCUT2D eigenvalue weighted by molar-refractivity contribution is 7.91.